The van der Waals surface area contributed by atoms with Crippen molar-refractivity contribution in [1.29, 1.82) is 0 Å². The second kappa shape index (κ2) is 13.5. The van der Waals surface area contributed by atoms with Gasteiger partial charge in [-0.05, 0) is 31.1 Å². The summed E-state index contributed by atoms with van der Waals surface area (Å²) in [7, 11) is 0. The van der Waals surface area contributed by atoms with Crippen LogP contribution in [0.15, 0.2) is 28.0 Å². The number of unbranched alkanes of at least 4 members (excludes halogenated alkanes) is 5. The second-order valence-corrected chi connectivity index (χ2v) is 11.2. The van der Waals surface area contributed by atoms with Crippen LogP contribution in [0.3, 0.4) is 0 Å². The number of carbonyl (C=O) groups excluding carboxylic acids is 1. The molecule has 0 radical (unpaired) electrons. The Bertz CT molecular complexity index is 1210. The smallest absolute Gasteiger partial charge is 0.267 e. The van der Waals surface area contributed by atoms with E-state index in [9.17, 15) is 9.59 Å². The summed E-state index contributed by atoms with van der Waals surface area (Å²) in [5.74, 6) is 0.366. The molecule has 0 saturated carbocycles. The van der Waals surface area contributed by atoms with Crippen LogP contribution in [-0.4, -0.2) is 75.3 Å². The Hall–Kier alpha value is -2.27. The maximum Gasteiger partial charge on any atom is 0.267 e. The summed E-state index contributed by atoms with van der Waals surface area (Å²) in [6, 6.07) is 3.77. The predicted molar refractivity (Wildman–Crippen MR) is 155 cm³/mol. The Balaban J connectivity index is 1.54. The van der Waals surface area contributed by atoms with Crippen LogP contribution in [0.1, 0.15) is 56.6 Å². The number of aromatic nitrogens is 2. The van der Waals surface area contributed by atoms with Crippen LogP contribution in [0.5, 0.6) is 0 Å². The second-order valence-electron chi connectivity index (χ2n) is 9.55. The first-order valence-electron chi connectivity index (χ1n) is 13.3. The molecule has 2 saturated heterocycles. The summed E-state index contributed by atoms with van der Waals surface area (Å²) in [5.41, 5.74) is 1.69. The molecule has 2 fully saturated rings. The lowest BCUT2D eigenvalue weighted by Gasteiger charge is -2.26. The van der Waals surface area contributed by atoms with Gasteiger partial charge >= 0.3 is 0 Å². The van der Waals surface area contributed by atoms with E-state index in [0.29, 0.717) is 39.3 Å². The van der Waals surface area contributed by atoms with Gasteiger partial charge < -0.3 is 10.1 Å². The zero-order valence-corrected chi connectivity index (χ0v) is 23.5. The molecular weight excluding hydrogens is 506 g/mol. The molecule has 0 unspecified atom stereocenters. The summed E-state index contributed by atoms with van der Waals surface area (Å²) >= 11 is 6.79. The summed E-state index contributed by atoms with van der Waals surface area (Å²) in [4.78, 5) is 36.1. The number of thiocarbonyl (C=S) groups is 1. The van der Waals surface area contributed by atoms with Gasteiger partial charge in [0.15, 0.2) is 0 Å². The molecule has 4 rings (SSSR count). The highest BCUT2D eigenvalue weighted by Gasteiger charge is 2.32. The third-order valence-corrected chi connectivity index (χ3v) is 8.17. The van der Waals surface area contributed by atoms with Gasteiger partial charge in [-0.1, -0.05) is 69.1 Å². The van der Waals surface area contributed by atoms with E-state index in [1.165, 1.54) is 37.4 Å². The summed E-state index contributed by atoms with van der Waals surface area (Å²) in [6.45, 7) is 9.47. The van der Waals surface area contributed by atoms with Crippen LogP contribution < -0.4 is 10.9 Å². The molecule has 10 heteroatoms. The first-order chi connectivity index (χ1) is 18.0. The SMILES string of the molecule is CCCCCCCCN1C(=O)C(=Cc2c(NCCN3CCOCC3)nc3c(C)cccn3c2=O)SC1=S. The molecule has 0 spiro atoms. The van der Waals surface area contributed by atoms with Gasteiger partial charge in [0, 0.05) is 38.9 Å². The third kappa shape index (κ3) is 6.98. The molecule has 0 atom stereocenters. The van der Waals surface area contributed by atoms with Crippen molar-refractivity contribution in [3.63, 3.8) is 0 Å². The number of hydrogen-bond donors (Lipinski definition) is 1. The van der Waals surface area contributed by atoms with E-state index in [1.807, 2.05) is 19.1 Å². The number of fused-ring (bicyclic) bond motifs is 1. The standard InChI is InChI=1S/C27H37N5O3S2/c1-3-4-5-6-7-8-12-32-26(34)22(37-27(32)36)19-21-23(28-11-14-30-15-17-35-18-16-30)29-24-20(2)10-9-13-31(24)25(21)33/h9-10,13,19,28H,3-8,11-12,14-18H2,1-2H3. The molecule has 2 aliphatic heterocycles. The number of anilines is 1. The van der Waals surface area contributed by atoms with Crippen LogP contribution in [0.25, 0.3) is 11.7 Å². The molecule has 8 nitrogen and oxygen atoms in total. The van der Waals surface area contributed by atoms with Crippen molar-refractivity contribution in [2.45, 2.75) is 52.4 Å². The van der Waals surface area contributed by atoms with E-state index >= 15 is 0 Å². The van der Waals surface area contributed by atoms with Crippen LogP contribution in [-0.2, 0) is 9.53 Å². The summed E-state index contributed by atoms with van der Waals surface area (Å²) in [6.07, 6.45) is 10.3. The molecule has 37 heavy (non-hydrogen) atoms. The zero-order chi connectivity index (χ0) is 26.2. The third-order valence-electron chi connectivity index (χ3n) is 6.79. The fourth-order valence-electron chi connectivity index (χ4n) is 4.61. The molecule has 2 aromatic rings. The molecule has 200 valence electrons. The van der Waals surface area contributed by atoms with Gasteiger partial charge in [0.2, 0.25) is 0 Å². The molecule has 2 aromatic heterocycles. The number of nitrogens with zero attached hydrogens (tertiary/aromatic N) is 4. The van der Waals surface area contributed by atoms with Gasteiger partial charge in [-0.2, -0.15) is 0 Å². The van der Waals surface area contributed by atoms with E-state index in [1.54, 1.807) is 21.6 Å². The molecular formula is C27H37N5O3S2. The maximum atomic E-state index is 13.6. The largest absolute Gasteiger partial charge is 0.379 e. The monoisotopic (exact) mass is 543 g/mol. The number of amides is 1. The van der Waals surface area contributed by atoms with Crippen LogP contribution >= 0.6 is 24.0 Å². The molecule has 4 heterocycles. The number of carbonyl (C=O) groups is 1. The van der Waals surface area contributed by atoms with Gasteiger partial charge in [0.25, 0.3) is 11.5 Å². The van der Waals surface area contributed by atoms with Crippen molar-refractivity contribution in [2.24, 2.45) is 0 Å². The van der Waals surface area contributed by atoms with Gasteiger partial charge in [0.05, 0.1) is 23.7 Å². The van der Waals surface area contributed by atoms with Crippen molar-refractivity contribution < 1.29 is 9.53 Å². The molecule has 0 aromatic carbocycles. The lowest BCUT2D eigenvalue weighted by Crippen LogP contribution is -2.39. The van der Waals surface area contributed by atoms with Gasteiger partial charge in [0.1, 0.15) is 15.8 Å². The molecule has 0 aliphatic carbocycles. The molecule has 1 N–H and O–H groups in total. The van der Waals surface area contributed by atoms with Gasteiger partial charge in [-0.25, -0.2) is 4.98 Å². The number of morpholine rings is 1. The number of aryl methyl sites for hydroxylation is 1. The van der Waals surface area contributed by atoms with Crippen LogP contribution in [0, 0.1) is 6.92 Å². The van der Waals surface area contributed by atoms with Gasteiger partial charge in [-0.3, -0.25) is 23.8 Å². The Morgan fingerprint density at radius 3 is 2.68 bits per heavy atom. The highest BCUT2D eigenvalue weighted by atomic mass is 32.2. The minimum atomic E-state index is -0.205. The van der Waals surface area contributed by atoms with Crippen LogP contribution in [0.2, 0.25) is 0 Å². The topological polar surface area (TPSA) is 79.2 Å². The normalized spacial score (nSPS) is 17.9. The highest BCUT2D eigenvalue weighted by molar-refractivity contribution is 8.26. The van der Waals surface area contributed by atoms with Crippen molar-refractivity contribution in [1.82, 2.24) is 19.2 Å². The molecule has 0 bridgehead atoms. The zero-order valence-electron chi connectivity index (χ0n) is 21.8. The van der Waals surface area contributed by atoms with Crippen molar-refractivity contribution in [3.05, 3.63) is 44.7 Å². The minimum absolute atomic E-state index is 0.128. The average molecular weight is 544 g/mol. The minimum Gasteiger partial charge on any atom is -0.379 e. The van der Waals surface area contributed by atoms with E-state index < -0.39 is 0 Å². The van der Waals surface area contributed by atoms with Crippen LogP contribution in [0.4, 0.5) is 5.82 Å². The summed E-state index contributed by atoms with van der Waals surface area (Å²) < 4.78 is 7.53. The number of nitrogens with one attached hydrogen (secondary N) is 1. The van der Waals surface area contributed by atoms with Crippen molar-refractivity contribution in [3.8, 4) is 0 Å². The molecule has 1 amide bonds. The van der Waals surface area contributed by atoms with Crippen molar-refractivity contribution >= 4 is 51.7 Å². The summed E-state index contributed by atoms with van der Waals surface area (Å²) in [5, 5.41) is 3.37. The van der Waals surface area contributed by atoms with E-state index in [0.717, 1.165) is 51.3 Å². The van der Waals surface area contributed by atoms with E-state index in [-0.39, 0.29) is 11.5 Å². The Labute approximate surface area is 228 Å². The maximum absolute atomic E-state index is 13.6. The Kier molecular flexibility index (Phi) is 10.1. The van der Waals surface area contributed by atoms with E-state index in [4.69, 9.17) is 21.9 Å². The number of thioether (sulfide) groups is 1. The average Bonchev–Trinajstić information content (AvgIpc) is 3.16. The fourth-order valence-corrected chi connectivity index (χ4v) is 5.90. The first-order valence-corrected chi connectivity index (χ1v) is 14.5. The van der Waals surface area contributed by atoms with E-state index in [2.05, 4.69) is 17.1 Å². The first kappa shape index (κ1) is 27.8. The number of rotatable bonds is 12. The fraction of sp³-hybridized carbons (Fsp3) is 0.556. The lowest BCUT2D eigenvalue weighted by molar-refractivity contribution is -0.122. The highest BCUT2D eigenvalue weighted by Crippen LogP contribution is 2.33. The predicted octanol–water partition coefficient (Wildman–Crippen LogP) is 4.31. The number of ether oxygens (including phenoxy) is 1. The lowest BCUT2D eigenvalue weighted by atomic mass is 10.1. The van der Waals surface area contributed by atoms with Crippen molar-refractivity contribution in [2.75, 3.05) is 51.3 Å². The quantitative estimate of drug-likeness (QED) is 0.241. The number of pyridine rings is 1. The Morgan fingerprint density at radius 2 is 1.89 bits per heavy atom. The number of hydrogen-bond acceptors (Lipinski definition) is 8. The van der Waals surface area contributed by atoms with Gasteiger partial charge in [-0.15, -0.1) is 0 Å². The Morgan fingerprint density at radius 1 is 1.14 bits per heavy atom. The molecule has 2 aliphatic rings.